The van der Waals surface area contributed by atoms with Crippen LogP contribution in [0, 0.1) is 0 Å². The summed E-state index contributed by atoms with van der Waals surface area (Å²) in [7, 11) is 0. The summed E-state index contributed by atoms with van der Waals surface area (Å²) in [6.45, 7) is 1.79. The van der Waals surface area contributed by atoms with E-state index in [9.17, 15) is 61.0 Å². The Hall–Kier alpha value is -1.99. The second-order valence-electron chi connectivity index (χ2n) is 33.8. The van der Waals surface area contributed by atoms with Crippen molar-refractivity contribution in [2.45, 2.75) is 523 Å². The highest BCUT2D eigenvalue weighted by Crippen LogP contribution is 2.34. The van der Waals surface area contributed by atoms with E-state index in [4.69, 9.17) is 28.4 Å². The van der Waals surface area contributed by atoms with Crippen molar-refractivity contribution in [3.8, 4) is 0 Å². The highest BCUT2D eigenvalue weighted by Gasteiger charge is 2.54. The lowest BCUT2D eigenvalue weighted by Gasteiger charge is -2.48. The minimum atomic E-state index is -1.98. The van der Waals surface area contributed by atoms with Crippen molar-refractivity contribution in [3.63, 3.8) is 0 Å². The molecule has 12 N–H and O–H groups in total. The van der Waals surface area contributed by atoms with Gasteiger partial charge in [-0.3, -0.25) is 4.79 Å². The Kier molecular flexibility index (Phi) is 67.9. The van der Waals surface area contributed by atoms with Crippen molar-refractivity contribution in [2.75, 3.05) is 26.4 Å². The fourth-order valence-electron chi connectivity index (χ4n) is 16.2. The van der Waals surface area contributed by atoms with Gasteiger partial charge in [0.05, 0.1) is 38.6 Å². The summed E-state index contributed by atoms with van der Waals surface area (Å²) in [6.07, 6.45) is 67.5. The van der Waals surface area contributed by atoms with E-state index in [1.165, 1.54) is 347 Å². The molecule has 0 aromatic carbocycles. The zero-order valence-electron chi connectivity index (χ0n) is 71.4. The van der Waals surface area contributed by atoms with E-state index < -0.39 is 124 Å². The Morgan fingerprint density at radius 3 is 0.893 bits per heavy atom. The maximum Gasteiger partial charge on any atom is 0.220 e. The van der Waals surface area contributed by atoms with Gasteiger partial charge >= 0.3 is 0 Å². The summed E-state index contributed by atoms with van der Waals surface area (Å²) in [5.41, 5.74) is 0. The maximum absolute atomic E-state index is 13.5. The average Bonchev–Trinajstić information content (AvgIpc) is 0.782. The Morgan fingerprint density at radius 1 is 0.312 bits per heavy atom. The minimum absolute atomic E-state index is 0.240. The fourth-order valence-corrected chi connectivity index (χ4v) is 16.2. The third-order valence-electron chi connectivity index (χ3n) is 23.7. The first kappa shape index (κ1) is 104. The van der Waals surface area contributed by atoms with Crippen molar-refractivity contribution in [2.24, 2.45) is 0 Å². The molecule has 3 aliphatic rings. The van der Waals surface area contributed by atoms with E-state index in [2.05, 4.69) is 43.5 Å². The quantitative estimate of drug-likeness (QED) is 0.0199. The van der Waals surface area contributed by atoms with Gasteiger partial charge in [-0.2, -0.15) is 0 Å². The van der Waals surface area contributed by atoms with Crippen molar-refractivity contribution in [1.29, 1.82) is 0 Å². The number of hydrogen-bond acceptors (Lipinski definition) is 18. The largest absolute Gasteiger partial charge is 0.394 e. The zero-order chi connectivity index (χ0) is 81.0. The highest BCUT2D eigenvalue weighted by atomic mass is 16.8. The first-order valence-electron chi connectivity index (χ1n) is 47.2. The first-order valence-corrected chi connectivity index (χ1v) is 47.2. The van der Waals surface area contributed by atoms with Gasteiger partial charge in [0.2, 0.25) is 5.91 Å². The summed E-state index contributed by atoms with van der Waals surface area (Å²) in [6, 6.07) is -0.991. The molecule has 112 heavy (non-hydrogen) atoms. The Morgan fingerprint density at radius 2 is 0.571 bits per heavy atom. The lowest BCUT2D eigenvalue weighted by atomic mass is 9.96. The van der Waals surface area contributed by atoms with E-state index in [1.807, 2.05) is 6.08 Å². The molecule has 0 aromatic heterocycles. The van der Waals surface area contributed by atoms with Crippen LogP contribution in [-0.4, -0.2) is 193 Å². The third-order valence-corrected chi connectivity index (χ3v) is 23.7. The molecule has 0 bridgehead atoms. The van der Waals surface area contributed by atoms with E-state index in [-0.39, 0.29) is 18.9 Å². The SMILES string of the molecule is CCCCCCCCCC/C=C\CCCCCCCCCCCCCCCCCCCCCCCCCC(=O)NC(COC1OC(CO)C(OC2OC(CO)C(OC3OC(CO)C(O)C(O)C3O)C(O)C2O)C(O)C1O)C(O)/C=C/CC/C=C/CCCCCCCCCCCCCCCCCCCCCCCCCCCC. The van der Waals surface area contributed by atoms with Crippen molar-refractivity contribution < 1.29 is 89.4 Å². The molecule has 0 radical (unpaired) electrons. The molecular weight excluding hydrogens is 1420 g/mol. The number of unbranched alkanes of at least 4 members (excludes halogenated alkanes) is 58. The van der Waals surface area contributed by atoms with Crippen LogP contribution in [0.5, 0.6) is 0 Å². The Labute approximate surface area is 682 Å². The van der Waals surface area contributed by atoms with Crippen LogP contribution in [0.2, 0.25) is 0 Å². The Balaban J connectivity index is 1.32. The molecule has 17 atom stereocenters. The third kappa shape index (κ3) is 50.8. The predicted molar refractivity (Wildman–Crippen MR) is 453 cm³/mol. The standard InChI is InChI=1S/C93H175NO18/c1-3-5-7-9-11-13-15-17-19-21-23-25-27-29-31-33-35-37-38-39-41-43-45-47-49-51-53-55-57-59-61-63-65-67-69-71-81(99)94-76(77(98)70-68-66-64-62-60-58-56-54-52-50-48-46-44-42-40-36-34-32-30-28-26-24-22-20-18-16-14-12-10-8-6-4-2)75-107-91-87(105)84(102)89(79(73-96)109-91)112-93-88(106)85(103)90(80(74-97)110-93)111-92-86(104)83(101)82(100)78(72-95)108-92/h21,23,60,62,68,70,76-80,82-93,95-98,100-106H,3-20,22,24-59,61,63-67,69,71-75H2,1-2H3,(H,94,99)/b23-21-,62-60+,70-68+. The number of hydrogen-bond donors (Lipinski definition) is 12. The van der Waals surface area contributed by atoms with Crippen LogP contribution < -0.4 is 5.32 Å². The van der Waals surface area contributed by atoms with Crippen LogP contribution in [-0.2, 0) is 33.2 Å². The molecule has 3 rings (SSSR count). The molecule has 660 valence electrons. The monoisotopic (exact) mass is 1590 g/mol. The molecule has 3 fully saturated rings. The predicted octanol–water partition coefficient (Wildman–Crippen LogP) is 18.6. The number of carbonyl (C=O) groups is 1. The van der Waals surface area contributed by atoms with Crippen LogP contribution in [0.4, 0.5) is 0 Å². The zero-order valence-corrected chi connectivity index (χ0v) is 71.4. The number of ether oxygens (including phenoxy) is 6. The fraction of sp³-hybridized carbons (Fsp3) is 0.925. The van der Waals surface area contributed by atoms with E-state index >= 15 is 0 Å². The highest BCUT2D eigenvalue weighted by molar-refractivity contribution is 5.76. The molecule has 17 unspecified atom stereocenters. The van der Waals surface area contributed by atoms with Gasteiger partial charge in [-0.05, 0) is 57.8 Å². The van der Waals surface area contributed by atoms with Crippen LogP contribution in [0.15, 0.2) is 36.5 Å². The maximum atomic E-state index is 13.5. The van der Waals surface area contributed by atoms with Crippen LogP contribution in [0.1, 0.15) is 418 Å². The van der Waals surface area contributed by atoms with Gasteiger partial charge in [0.1, 0.15) is 73.2 Å². The topological polar surface area (TPSA) is 307 Å². The van der Waals surface area contributed by atoms with Gasteiger partial charge in [-0.25, -0.2) is 0 Å². The van der Waals surface area contributed by atoms with Gasteiger partial charge in [-0.15, -0.1) is 0 Å². The lowest BCUT2D eigenvalue weighted by Crippen LogP contribution is -2.66. The summed E-state index contributed by atoms with van der Waals surface area (Å²) in [4.78, 5) is 13.5. The smallest absolute Gasteiger partial charge is 0.220 e. The number of nitrogens with one attached hydrogen (secondary N) is 1. The minimum Gasteiger partial charge on any atom is -0.394 e. The van der Waals surface area contributed by atoms with E-state index in [1.54, 1.807) is 6.08 Å². The van der Waals surface area contributed by atoms with Crippen molar-refractivity contribution in [3.05, 3.63) is 36.5 Å². The molecule has 0 aromatic rings. The molecule has 1 amide bonds. The molecule has 3 aliphatic heterocycles. The van der Waals surface area contributed by atoms with Crippen LogP contribution >= 0.6 is 0 Å². The second-order valence-corrected chi connectivity index (χ2v) is 33.8. The normalized spacial score (nSPS) is 25.0. The number of carbonyl (C=O) groups excluding carboxylic acids is 1. The second kappa shape index (κ2) is 73.0. The van der Waals surface area contributed by atoms with Crippen molar-refractivity contribution >= 4 is 5.91 Å². The van der Waals surface area contributed by atoms with Gasteiger partial charge in [0.15, 0.2) is 18.9 Å². The molecule has 3 heterocycles. The van der Waals surface area contributed by atoms with Gasteiger partial charge in [0, 0.05) is 6.42 Å². The van der Waals surface area contributed by atoms with Crippen LogP contribution in [0.25, 0.3) is 0 Å². The van der Waals surface area contributed by atoms with E-state index in [0.29, 0.717) is 12.8 Å². The molecule has 0 saturated carbocycles. The molecular formula is C93H175NO18. The molecule has 0 spiro atoms. The summed E-state index contributed by atoms with van der Waals surface area (Å²) in [5, 5.41) is 121. The summed E-state index contributed by atoms with van der Waals surface area (Å²) >= 11 is 0. The number of amides is 1. The number of allylic oxidation sites excluding steroid dienone is 5. The number of aliphatic hydroxyl groups is 11. The van der Waals surface area contributed by atoms with Crippen LogP contribution in [0.3, 0.4) is 0 Å². The van der Waals surface area contributed by atoms with Crippen molar-refractivity contribution in [1.82, 2.24) is 5.32 Å². The number of rotatable bonds is 78. The Bertz CT molecular complexity index is 2160. The van der Waals surface area contributed by atoms with Gasteiger partial charge < -0.3 is 89.9 Å². The lowest BCUT2D eigenvalue weighted by molar-refractivity contribution is -0.379. The molecule has 3 saturated heterocycles. The number of aliphatic hydroxyl groups excluding tert-OH is 11. The van der Waals surface area contributed by atoms with Gasteiger partial charge in [0.25, 0.3) is 0 Å². The average molecular weight is 1600 g/mol. The van der Waals surface area contributed by atoms with Gasteiger partial charge in [-0.1, -0.05) is 391 Å². The molecule has 19 heteroatoms. The van der Waals surface area contributed by atoms with E-state index in [0.717, 1.165) is 38.5 Å². The molecule has 19 nitrogen and oxygen atoms in total. The summed E-state index contributed by atoms with van der Waals surface area (Å²) < 4.78 is 34.5. The summed E-state index contributed by atoms with van der Waals surface area (Å²) in [5.74, 6) is -0.276. The molecule has 0 aliphatic carbocycles. The first-order chi connectivity index (χ1) is 54.8.